The maximum atomic E-state index is 13.7. The SMILES string of the molecule is C=CC(=O)OCCCCCCOc1ccc(C(=O)Oc2ccc(OC(=O)c3ccc(OCCCCCCOC(=O)C=C)cc3)c(CCCCCCCCCCc3cc(OC(=O)c4ccc(OCCCCCCOC(=O)C=C)cc4)ccc3OC(=O)c3ccc(OCCCCCCOC(=O)C=C)cc3)c2)cc1. The molecule has 0 aliphatic heterocycles. The van der Waals surface area contributed by atoms with Crippen LogP contribution in [0, 0.1) is 0 Å². The van der Waals surface area contributed by atoms with Crippen molar-refractivity contribution in [1.29, 1.82) is 0 Å². The number of hydrogen-bond acceptors (Lipinski definition) is 20. The van der Waals surface area contributed by atoms with Crippen molar-refractivity contribution in [1.82, 2.24) is 0 Å². The average Bonchev–Trinajstić information content (AvgIpc) is 0.838. The van der Waals surface area contributed by atoms with Crippen molar-refractivity contribution in [3.63, 3.8) is 0 Å². The Hall–Kier alpha value is -10.8. The summed E-state index contributed by atoms with van der Waals surface area (Å²) >= 11 is 0. The summed E-state index contributed by atoms with van der Waals surface area (Å²) in [4.78, 5) is 99.3. The zero-order valence-electron chi connectivity index (χ0n) is 61.0. The van der Waals surface area contributed by atoms with Gasteiger partial charge in [0.25, 0.3) is 0 Å². The molecule has 0 N–H and O–H groups in total. The standard InChI is InChI=1S/C86H102O20/c1-5-79(87)99-59-29-19-15-25-55-95-71-43-35-65(36-44-71)83(91)103-75-51-53-77(105-85(93)67-39-47-73(48-40-67)97-57-27-17-21-31-61-101-81(89)7-3)69(63-75)33-23-13-11-9-10-12-14-24-34-70-64-76(104-84(92)66-37-45-72(46-38-66)96-56-26-16-20-30-60-100-80(88)6-2)52-54-78(70)106-86(94)68-41-49-74(50-42-68)98-58-28-18-22-32-62-102-82(90)8-4/h5-8,35-54,63-64H,1-4,9-34,55-62H2. The van der Waals surface area contributed by atoms with Crippen molar-refractivity contribution in [2.75, 3.05) is 52.9 Å². The van der Waals surface area contributed by atoms with Gasteiger partial charge in [-0.1, -0.05) is 64.8 Å². The Kier molecular flexibility index (Phi) is 40.2. The zero-order valence-corrected chi connectivity index (χ0v) is 61.0. The van der Waals surface area contributed by atoms with E-state index >= 15 is 0 Å². The molecule has 6 aromatic rings. The fraction of sp³-hybridized carbons (Fsp3) is 0.395. The van der Waals surface area contributed by atoms with Crippen LogP contribution in [0.5, 0.6) is 46.0 Å². The Morgan fingerprint density at radius 3 is 0.689 bits per heavy atom. The molecule has 566 valence electrons. The van der Waals surface area contributed by atoms with Crippen LogP contribution in [-0.4, -0.2) is 101 Å². The van der Waals surface area contributed by atoms with Crippen LogP contribution in [0.2, 0.25) is 0 Å². The van der Waals surface area contributed by atoms with Crippen LogP contribution in [-0.2, 0) is 51.0 Å². The first-order chi connectivity index (χ1) is 51.7. The van der Waals surface area contributed by atoms with Gasteiger partial charge in [0.15, 0.2) is 0 Å². The topological polar surface area (TPSA) is 247 Å². The number of aryl methyl sites for hydroxylation is 2. The quantitative estimate of drug-likeness (QED) is 0.0113. The second-order valence-corrected chi connectivity index (χ2v) is 25.1. The van der Waals surface area contributed by atoms with Gasteiger partial charge < -0.3 is 56.8 Å². The van der Waals surface area contributed by atoms with Gasteiger partial charge in [-0.3, -0.25) is 0 Å². The molecule has 0 fully saturated rings. The Morgan fingerprint density at radius 1 is 0.236 bits per heavy atom. The van der Waals surface area contributed by atoms with Gasteiger partial charge >= 0.3 is 47.8 Å². The molecule has 106 heavy (non-hydrogen) atoms. The van der Waals surface area contributed by atoms with Crippen molar-refractivity contribution in [2.45, 2.75) is 167 Å². The van der Waals surface area contributed by atoms with E-state index in [4.69, 9.17) is 56.8 Å². The minimum atomic E-state index is -0.562. The molecular formula is C86H102O20. The van der Waals surface area contributed by atoms with E-state index in [-0.39, 0.29) is 0 Å². The van der Waals surface area contributed by atoms with E-state index in [0.717, 1.165) is 178 Å². The summed E-state index contributed by atoms with van der Waals surface area (Å²) in [5.41, 5.74) is 2.73. The summed E-state index contributed by atoms with van der Waals surface area (Å²) in [6.07, 6.45) is 26.3. The third kappa shape index (κ3) is 34.2. The molecule has 0 spiro atoms. The van der Waals surface area contributed by atoms with E-state index in [1.807, 2.05) is 0 Å². The molecule has 6 rings (SSSR count). The molecule has 0 bridgehead atoms. The fourth-order valence-electron chi connectivity index (χ4n) is 10.8. The van der Waals surface area contributed by atoms with Crippen LogP contribution >= 0.6 is 0 Å². The summed E-state index contributed by atoms with van der Waals surface area (Å²) in [5.74, 6) is -0.196. The Balaban J connectivity index is 1.01. The summed E-state index contributed by atoms with van der Waals surface area (Å²) in [7, 11) is 0. The van der Waals surface area contributed by atoms with Gasteiger partial charge in [0.05, 0.1) is 75.1 Å². The molecule has 0 atom stereocenters. The van der Waals surface area contributed by atoms with Crippen LogP contribution in [0.15, 0.2) is 184 Å². The highest BCUT2D eigenvalue weighted by molar-refractivity contribution is 5.94. The smallest absolute Gasteiger partial charge is 0.343 e. The number of carbonyl (C=O) groups is 8. The molecule has 20 heteroatoms. The molecule has 0 saturated carbocycles. The van der Waals surface area contributed by atoms with Crippen LogP contribution in [0.4, 0.5) is 0 Å². The molecule has 0 aromatic heterocycles. The lowest BCUT2D eigenvalue weighted by Gasteiger charge is -2.13. The maximum Gasteiger partial charge on any atom is 0.343 e. The van der Waals surface area contributed by atoms with E-state index < -0.39 is 47.8 Å². The first kappa shape index (κ1) is 84.2. The van der Waals surface area contributed by atoms with E-state index in [1.54, 1.807) is 133 Å². The lowest BCUT2D eigenvalue weighted by Crippen LogP contribution is -2.11. The summed E-state index contributed by atoms with van der Waals surface area (Å²) in [5, 5.41) is 0. The van der Waals surface area contributed by atoms with Crippen LogP contribution in [0.1, 0.15) is 207 Å². The predicted octanol–water partition coefficient (Wildman–Crippen LogP) is 18.1. The third-order valence-electron chi connectivity index (χ3n) is 16.8. The first-order valence-electron chi connectivity index (χ1n) is 37.0. The molecule has 0 amide bonds. The van der Waals surface area contributed by atoms with Gasteiger partial charge in [0.2, 0.25) is 0 Å². The number of benzene rings is 6. The van der Waals surface area contributed by atoms with Gasteiger partial charge in [0, 0.05) is 24.3 Å². The van der Waals surface area contributed by atoms with Gasteiger partial charge in [-0.15, -0.1) is 0 Å². The Bertz CT molecular complexity index is 3460. The van der Waals surface area contributed by atoms with E-state index in [0.29, 0.717) is 145 Å². The van der Waals surface area contributed by atoms with Crippen LogP contribution < -0.4 is 37.9 Å². The van der Waals surface area contributed by atoms with Crippen LogP contribution in [0.25, 0.3) is 0 Å². The average molecular weight is 1460 g/mol. The molecule has 0 aliphatic rings. The van der Waals surface area contributed by atoms with Gasteiger partial charge in [-0.25, -0.2) is 38.4 Å². The largest absolute Gasteiger partial charge is 0.494 e. The highest BCUT2D eigenvalue weighted by Crippen LogP contribution is 2.31. The minimum Gasteiger partial charge on any atom is -0.494 e. The van der Waals surface area contributed by atoms with Crippen molar-refractivity contribution < 1.29 is 95.2 Å². The first-order valence-corrected chi connectivity index (χ1v) is 37.0. The van der Waals surface area contributed by atoms with E-state index in [2.05, 4.69) is 26.3 Å². The van der Waals surface area contributed by atoms with Crippen molar-refractivity contribution >= 4 is 47.8 Å². The molecule has 0 saturated heterocycles. The Labute approximate surface area is 623 Å². The molecule has 0 aliphatic carbocycles. The number of unbranched alkanes of at least 4 members (excludes halogenated alkanes) is 19. The Morgan fingerprint density at radius 2 is 0.443 bits per heavy atom. The van der Waals surface area contributed by atoms with Crippen LogP contribution in [0.3, 0.4) is 0 Å². The van der Waals surface area contributed by atoms with Gasteiger partial charge in [0.1, 0.15) is 46.0 Å². The number of carbonyl (C=O) groups excluding carboxylic acids is 8. The summed E-state index contributed by atoms with van der Waals surface area (Å²) in [6.45, 7) is 17.0. The lowest BCUT2D eigenvalue weighted by atomic mass is 10.0. The molecule has 0 heterocycles. The molecule has 6 aromatic carbocycles. The highest BCUT2D eigenvalue weighted by atomic mass is 16.6. The molecular weight excluding hydrogens is 1350 g/mol. The van der Waals surface area contributed by atoms with Crippen molar-refractivity contribution in [3.05, 3.63) is 217 Å². The third-order valence-corrected chi connectivity index (χ3v) is 16.8. The van der Waals surface area contributed by atoms with Crippen molar-refractivity contribution in [2.24, 2.45) is 0 Å². The maximum absolute atomic E-state index is 13.7. The number of rotatable bonds is 55. The monoisotopic (exact) mass is 1450 g/mol. The fourth-order valence-corrected chi connectivity index (χ4v) is 10.8. The normalized spacial score (nSPS) is 10.7. The van der Waals surface area contributed by atoms with E-state index in [9.17, 15) is 38.4 Å². The highest BCUT2D eigenvalue weighted by Gasteiger charge is 2.19. The second kappa shape index (κ2) is 50.6. The summed E-state index contributed by atoms with van der Waals surface area (Å²) in [6, 6.07) is 37.0. The molecule has 0 radical (unpaired) electrons. The minimum absolute atomic E-state index is 0.297. The predicted molar refractivity (Wildman–Crippen MR) is 403 cm³/mol. The zero-order chi connectivity index (χ0) is 75.6. The second-order valence-electron chi connectivity index (χ2n) is 25.1. The number of hydrogen-bond donors (Lipinski definition) is 0. The lowest BCUT2D eigenvalue weighted by molar-refractivity contribution is -0.138. The molecule has 20 nitrogen and oxygen atoms in total. The number of esters is 8. The van der Waals surface area contributed by atoms with Gasteiger partial charge in [-0.05, 0) is 273 Å². The van der Waals surface area contributed by atoms with Crippen molar-refractivity contribution in [3.8, 4) is 46.0 Å². The van der Waals surface area contributed by atoms with Gasteiger partial charge in [-0.2, -0.15) is 0 Å². The summed E-state index contributed by atoms with van der Waals surface area (Å²) < 4.78 is 67.6. The molecule has 0 unspecified atom stereocenters. The van der Waals surface area contributed by atoms with E-state index in [1.165, 1.54) is 0 Å². The number of ether oxygens (including phenoxy) is 12.